The summed E-state index contributed by atoms with van der Waals surface area (Å²) in [5.74, 6) is -1.57. The molecule has 0 radical (unpaired) electrons. The maximum absolute atomic E-state index is 12.0. The van der Waals surface area contributed by atoms with Crippen molar-refractivity contribution in [1.29, 1.82) is 0 Å². The number of phenolic OH excluding ortho intramolecular Hbond substituents is 2. The number of aryl methyl sites for hydroxylation is 2. The minimum absolute atomic E-state index is 0. The Morgan fingerprint density at radius 1 is 0.441 bits per heavy atom. The zero-order valence-electron chi connectivity index (χ0n) is 30.5. The molecule has 0 unspecified atom stereocenters. The Hall–Kier alpha value is -5.12. The fourth-order valence-electron chi connectivity index (χ4n) is 6.04. The molecule has 0 saturated carbocycles. The van der Waals surface area contributed by atoms with Crippen LogP contribution in [-0.2, 0) is 40.5 Å². The Kier molecular flexibility index (Phi) is 12.1. The molecular formula is C34H28N6NaO14S4+. The minimum Gasteiger partial charge on any atom is -0.505 e. The first-order valence-corrected chi connectivity index (χ1v) is 21.7. The fourth-order valence-corrected chi connectivity index (χ4v) is 8.91. The first kappa shape index (κ1) is 45.0. The number of anilines is 2. The predicted molar refractivity (Wildman–Crippen MR) is 209 cm³/mol. The van der Waals surface area contributed by atoms with Crippen LogP contribution in [0.4, 0.5) is 34.1 Å². The van der Waals surface area contributed by atoms with Crippen LogP contribution in [0.25, 0.3) is 32.7 Å². The van der Waals surface area contributed by atoms with E-state index in [4.69, 9.17) is 11.5 Å². The molecule has 20 nitrogen and oxygen atoms in total. The van der Waals surface area contributed by atoms with E-state index in [0.717, 1.165) is 24.3 Å². The van der Waals surface area contributed by atoms with Crippen LogP contribution in [0.5, 0.6) is 11.5 Å². The van der Waals surface area contributed by atoms with Crippen molar-refractivity contribution in [3.63, 3.8) is 0 Å². The molecule has 0 bridgehead atoms. The molecule has 0 spiro atoms. The second-order valence-corrected chi connectivity index (χ2v) is 18.1. The smallest absolute Gasteiger partial charge is 0.505 e. The van der Waals surface area contributed by atoms with E-state index in [0.29, 0.717) is 45.8 Å². The van der Waals surface area contributed by atoms with Gasteiger partial charge in [-0.2, -0.15) is 43.9 Å². The van der Waals surface area contributed by atoms with Gasteiger partial charge in [-0.05, 0) is 84.6 Å². The van der Waals surface area contributed by atoms with Crippen LogP contribution in [0, 0.1) is 13.8 Å². The van der Waals surface area contributed by atoms with Crippen molar-refractivity contribution in [2.75, 3.05) is 11.5 Å². The molecule has 0 fully saturated rings. The summed E-state index contributed by atoms with van der Waals surface area (Å²) in [7, 11) is -20.3. The fraction of sp³-hybridized carbons (Fsp3) is 0.0588. The summed E-state index contributed by atoms with van der Waals surface area (Å²) in [5.41, 5.74) is 13.2. The van der Waals surface area contributed by atoms with Gasteiger partial charge in [0.05, 0.1) is 33.5 Å². The molecule has 0 heterocycles. The van der Waals surface area contributed by atoms with Gasteiger partial charge in [0, 0.05) is 10.8 Å². The van der Waals surface area contributed by atoms with Crippen LogP contribution in [0.3, 0.4) is 0 Å². The maximum atomic E-state index is 12.0. The molecule has 6 aromatic carbocycles. The minimum atomic E-state index is -5.10. The van der Waals surface area contributed by atoms with Gasteiger partial charge in [0.15, 0.2) is 11.5 Å². The molecule has 0 aliphatic rings. The molecule has 302 valence electrons. The molecule has 0 aliphatic carbocycles. The van der Waals surface area contributed by atoms with Gasteiger partial charge in [-0.1, -0.05) is 24.3 Å². The molecule has 0 aromatic heterocycles. The largest absolute Gasteiger partial charge is 1.00 e. The Morgan fingerprint density at radius 3 is 1.02 bits per heavy atom. The van der Waals surface area contributed by atoms with Crippen molar-refractivity contribution in [2.45, 2.75) is 33.4 Å². The number of nitrogen functional groups attached to an aromatic ring is 2. The SMILES string of the molecule is Cc1cc(-c2ccc(N=Nc3ccc4c(S(=O)(=O)O)cc(S(=O)(=O)O)c(N)c4c3O)c(C)c2)ccc1N=Nc1ccc2c(S(=O)(=O)O)cc(S(=O)(=O)O)c(N)c2c1O.[Na+]. The van der Waals surface area contributed by atoms with E-state index in [9.17, 15) is 62.1 Å². The number of benzene rings is 6. The van der Waals surface area contributed by atoms with E-state index in [2.05, 4.69) is 20.5 Å². The quantitative estimate of drug-likeness (QED) is 0.0444. The Bertz CT molecular complexity index is 3090. The average molecular weight is 896 g/mol. The first-order valence-electron chi connectivity index (χ1n) is 15.9. The standard InChI is InChI=1S/C34H28N6O14S4.Na/c1-15-11-17(3-7-21(15)37-39-23-9-5-19-25(55(43,44)45)13-27(57(49,50)51)31(35)29(19)33(23)41)18-4-8-22(16(2)12-18)38-40-24-10-6-20-26(56(46,47)48)14-28(58(52,53)54)32(36)30(20)34(24)42;/h3-14,41-42H,35-36H2,1-2H3,(H,43,44,45)(H,46,47,48)(H,49,50,51)(H,52,53,54);/q;+1. The van der Waals surface area contributed by atoms with E-state index in [1.54, 1.807) is 50.2 Å². The van der Waals surface area contributed by atoms with Crippen LogP contribution in [-0.4, -0.2) is 62.1 Å². The second-order valence-electron chi connectivity index (χ2n) is 12.6. The molecule has 6 rings (SSSR count). The molecule has 25 heteroatoms. The number of hydrogen-bond acceptors (Lipinski definition) is 16. The van der Waals surface area contributed by atoms with Gasteiger partial charge in [0.25, 0.3) is 40.5 Å². The zero-order chi connectivity index (χ0) is 42.9. The molecule has 0 saturated heterocycles. The molecule has 0 aliphatic heterocycles. The van der Waals surface area contributed by atoms with Gasteiger partial charge < -0.3 is 21.7 Å². The summed E-state index contributed by atoms with van der Waals surface area (Å²) in [6.45, 7) is 3.42. The van der Waals surface area contributed by atoms with E-state index in [1.165, 1.54) is 0 Å². The van der Waals surface area contributed by atoms with Gasteiger partial charge in [-0.3, -0.25) is 18.2 Å². The summed E-state index contributed by atoms with van der Waals surface area (Å²) in [6.07, 6.45) is 0. The first-order chi connectivity index (χ1) is 26.8. The monoisotopic (exact) mass is 895 g/mol. The number of phenols is 2. The van der Waals surface area contributed by atoms with Crippen molar-refractivity contribution < 1.29 is 91.7 Å². The van der Waals surface area contributed by atoms with Gasteiger partial charge in [-0.15, -0.1) is 10.2 Å². The number of hydrogen-bond donors (Lipinski definition) is 8. The molecule has 0 amide bonds. The molecular weight excluding hydrogens is 868 g/mol. The van der Waals surface area contributed by atoms with E-state index >= 15 is 0 Å². The number of rotatable bonds is 9. The molecule has 59 heavy (non-hydrogen) atoms. The normalized spacial score (nSPS) is 12.8. The Balaban J connectivity index is 0.00000661. The van der Waals surface area contributed by atoms with Crippen LogP contribution in [0.1, 0.15) is 11.1 Å². The summed E-state index contributed by atoms with van der Waals surface area (Å²) in [4.78, 5) is -4.01. The second kappa shape index (κ2) is 15.8. The van der Waals surface area contributed by atoms with Gasteiger partial charge in [0.1, 0.15) is 31.0 Å². The summed E-state index contributed by atoms with van der Waals surface area (Å²) in [5, 5.41) is 36.5. The number of nitrogens with zero attached hydrogens (tertiary/aromatic N) is 4. The topological polar surface area (TPSA) is 359 Å². The molecule has 6 aromatic rings. The van der Waals surface area contributed by atoms with Crippen LogP contribution < -0.4 is 41.0 Å². The van der Waals surface area contributed by atoms with E-state index in [1.807, 2.05) is 0 Å². The molecule has 0 atom stereocenters. The maximum Gasteiger partial charge on any atom is 1.00 e. The molecule has 10 N–H and O–H groups in total. The summed E-state index contributed by atoms with van der Waals surface area (Å²) < 4.78 is 134. The van der Waals surface area contributed by atoms with Gasteiger partial charge in [-0.25, -0.2) is 0 Å². The predicted octanol–water partition coefficient (Wildman–Crippen LogP) is 3.67. The van der Waals surface area contributed by atoms with Crippen LogP contribution >= 0.6 is 0 Å². The van der Waals surface area contributed by atoms with Crippen LogP contribution in [0.2, 0.25) is 0 Å². The number of azo groups is 2. The summed E-state index contributed by atoms with van der Waals surface area (Å²) in [6, 6.07) is 15.6. The van der Waals surface area contributed by atoms with Crippen molar-refractivity contribution in [3.05, 3.63) is 83.9 Å². The number of nitrogens with two attached hydrogens (primary N) is 2. The van der Waals surface area contributed by atoms with Gasteiger partial charge >= 0.3 is 29.6 Å². The van der Waals surface area contributed by atoms with Crippen molar-refractivity contribution in [3.8, 4) is 22.6 Å². The Morgan fingerprint density at radius 2 is 0.729 bits per heavy atom. The van der Waals surface area contributed by atoms with Crippen LogP contribution in [0.15, 0.2) is 113 Å². The van der Waals surface area contributed by atoms with Gasteiger partial charge in [0.2, 0.25) is 0 Å². The Labute approximate surface area is 357 Å². The van der Waals surface area contributed by atoms with Crippen molar-refractivity contribution >= 4 is 96.1 Å². The number of aromatic hydroxyl groups is 2. The summed E-state index contributed by atoms with van der Waals surface area (Å²) >= 11 is 0. The van der Waals surface area contributed by atoms with Crippen molar-refractivity contribution in [2.24, 2.45) is 20.5 Å². The third-order valence-corrected chi connectivity index (χ3v) is 12.4. The zero-order valence-corrected chi connectivity index (χ0v) is 35.7. The third-order valence-electron chi connectivity index (χ3n) is 8.81. The van der Waals surface area contributed by atoms with Crippen molar-refractivity contribution in [1.82, 2.24) is 0 Å². The van der Waals surface area contributed by atoms with E-state index in [-0.39, 0.29) is 51.7 Å². The average Bonchev–Trinajstić information content (AvgIpc) is 3.09. The third kappa shape index (κ3) is 8.78. The van der Waals surface area contributed by atoms with E-state index < -0.39 is 93.7 Å². The number of fused-ring (bicyclic) bond motifs is 2.